The lowest BCUT2D eigenvalue weighted by molar-refractivity contribution is 0.351. The number of benzene rings is 2. The Bertz CT molecular complexity index is 1190. The van der Waals surface area contributed by atoms with Crippen LogP contribution in [0.4, 0.5) is 0 Å². The monoisotopic (exact) mass is 381 g/mol. The second-order valence-electron chi connectivity index (χ2n) is 8.91. The van der Waals surface area contributed by atoms with Gasteiger partial charge >= 0.3 is 0 Å². The van der Waals surface area contributed by atoms with Crippen molar-refractivity contribution in [2.75, 3.05) is 0 Å². The fraction of sp³-hybridized carbons (Fsp3) is 0.385. The lowest BCUT2D eigenvalue weighted by Crippen LogP contribution is -2.08. The Morgan fingerprint density at radius 3 is 2.69 bits per heavy atom. The Labute approximate surface area is 171 Å². The molecule has 2 aromatic heterocycles. The lowest BCUT2D eigenvalue weighted by Gasteiger charge is -2.22. The zero-order valence-corrected chi connectivity index (χ0v) is 17.0. The summed E-state index contributed by atoms with van der Waals surface area (Å²) in [4.78, 5) is 9.58. The maximum atomic E-state index is 4.85. The molecule has 0 spiro atoms. The number of hydrogen-bond donors (Lipinski definition) is 0. The highest BCUT2D eigenvalue weighted by molar-refractivity contribution is 6.11. The molecular formula is C26H27N3. The highest BCUT2D eigenvalue weighted by Crippen LogP contribution is 2.52. The molecule has 3 unspecified atom stereocenters. The number of aryl methyl sites for hydroxylation is 1. The van der Waals surface area contributed by atoms with Crippen LogP contribution in [0.2, 0.25) is 0 Å². The van der Waals surface area contributed by atoms with Gasteiger partial charge in [0.25, 0.3) is 0 Å². The minimum Gasteiger partial charge on any atom is -0.338 e. The minimum atomic E-state index is 0.692. The van der Waals surface area contributed by atoms with Crippen LogP contribution in [0.1, 0.15) is 50.5 Å². The molecule has 3 nitrogen and oxygen atoms in total. The van der Waals surface area contributed by atoms with Gasteiger partial charge in [0.05, 0.1) is 16.7 Å². The van der Waals surface area contributed by atoms with Gasteiger partial charge < -0.3 is 4.57 Å². The molecule has 2 saturated carbocycles. The van der Waals surface area contributed by atoms with Crippen molar-refractivity contribution < 1.29 is 0 Å². The predicted octanol–water partition coefficient (Wildman–Crippen LogP) is 6.57. The van der Waals surface area contributed by atoms with E-state index >= 15 is 0 Å². The minimum absolute atomic E-state index is 0.692. The molecule has 146 valence electrons. The molecule has 4 aromatic rings. The first-order valence-corrected chi connectivity index (χ1v) is 11.2. The average molecular weight is 382 g/mol. The predicted molar refractivity (Wildman–Crippen MR) is 119 cm³/mol. The van der Waals surface area contributed by atoms with Gasteiger partial charge in [-0.1, -0.05) is 55.3 Å². The molecule has 2 aliphatic carbocycles. The molecule has 3 atom stereocenters. The van der Waals surface area contributed by atoms with E-state index in [1.165, 1.54) is 54.1 Å². The van der Waals surface area contributed by atoms with Crippen LogP contribution in [0.15, 0.2) is 54.9 Å². The van der Waals surface area contributed by atoms with Crippen LogP contribution in [-0.2, 0) is 6.54 Å². The molecule has 0 radical (unpaired) electrons. The van der Waals surface area contributed by atoms with Crippen LogP contribution >= 0.6 is 0 Å². The molecule has 3 heteroatoms. The van der Waals surface area contributed by atoms with Crippen LogP contribution in [0.3, 0.4) is 0 Å². The second kappa shape index (κ2) is 6.69. The van der Waals surface area contributed by atoms with Crippen LogP contribution in [0, 0.1) is 11.8 Å². The third-order valence-electron chi connectivity index (χ3n) is 7.44. The Morgan fingerprint density at radius 1 is 0.966 bits per heavy atom. The van der Waals surface area contributed by atoms with E-state index in [1.54, 1.807) is 6.33 Å². The maximum absolute atomic E-state index is 4.85. The Balaban J connectivity index is 1.65. The maximum Gasteiger partial charge on any atom is 0.116 e. The first kappa shape index (κ1) is 17.2. The summed E-state index contributed by atoms with van der Waals surface area (Å²) in [7, 11) is 0. The van der Waals surface area contributed by atoms with Crippen molar-refractivity contribution >= 4 is 21.9 Å². The Hall–Kier alpha value is -2.68. The van der Waals surface area contributed by atoms with Crippen LogP contribution in [0.5, 0.6) is 0 Å². The summed E-state index contributed by atoms with van der Waals surface area (Å²) >= 11 is 0. The summed E-state index contributed by atoms with van der Waals surface area (Å²) in [5.74, 6) is 2.48. The fourth-order valence-electron chi connectivity index (χ4n) is 6.27. The van der Waals surface area contributed by atoms with Crippen LogP contribution < -0.4 is 0 Å². The Kier molecular flexibility index (Phi) is 3.97. The van der Waals surface area contributed by atoms with Crippen molar-refractivity contribution in [3.63, 3.8) is 0 Å². The molecule has 2 aromatic carbocycles. The number of hydrogen-bond acceptors (Lipinski definition) is 2. The molecular weight excluding hydrogens is 354 g/mol. The molecule has 2 bridgehead atoms. The summed E-state index contributed by atoms with van der Waals surface area (Å²) in [6.45, 7) is 3.16. The highest BCUT2D eigenvalue weighted by atomic mass is 15.0. The van der Waals surface area contributed by atoms with Crippen molar-refractivity contribution in [1.82, 2.24) is 14.5 Å². The molecule has 0 amide bonds. The van der Waals surface area contributed by atoms with Crippen molar-refractivity contribution in [2.45, 2.75) is 51.5 Å². The van der Waals surface area contributed by atoms with Gasteiger partial charge in [-0.25, -0.2) is 9.97 Å². The van der Waals surface area contributed by atoms with Crippen molar-refractivity contribution in [3.8, 4) is 11.3 Å². The van der Waals surface area contributed by atoms with E-state index < -0.39 is 0 Å². The zero-order valence-electron chi connectivity index (χ0n) is 17.0. The van der Waals surface area contributed by atoms with E-state index in [1.807, 2.05) is 0 Å². The van der Waals surface area contributed by atoms with Crippen molar-refractivity contribution in [1.29, 1.82) is 0 Å². The molecule has 0 N–H and O–H groups in total. The zero-order chi connectivity index (χ0) is 19.4. The topological polar surface area (TPSA) is 30.7 Å². The van der Waals surface area contributed by atoms with Crippen molar-refractivity contribution in [2.24, 2.45) is 11.8 Å². The van der Waals surface area contributed by atoms with Crippen LogP contribution in [-0.4, -0.2) is 14.5 Å². The van der Waals surface area contributed by atoms with Gasteiger partial charge in [0.1, 0.15) is 11.8 Å². The van der Waals surface area contributed by atoms with Gasteiger partial charge in [0, 0.05) is 17.5 Å². The van der Waals surface area contributed by atoms with Gasteiger partial charge in [-0.15, -0.1) is 0 Å². The first-order valence-electron chi connectivity index (χ1n) is 11.2. The van der Waals surface area contributed by atoms with Gasteiger partial charge in [0.2, 0.25) is 0 Å². The largest absolute Gasteiger partial charge is 0.338 e. The van der Waals surface area contributed by atoms with Gasteiger partial charge in [0.15, 0.2) is 0 Å². The molecule has 0 aliphatic heterocycles. The molecule has 6 rings (SSSR count). The standard InChI is InChI=1S/C26H27N3/c1-2-29-22-13-7-12-20(21-15-17-8-6-11-19(21)14-17)23(22)25-26(29)24(27-16-28-25)18-9-4-3-5-10-18/h3-5,7,9-10,12-13,16-17,19,21H,2,6,8,11,14-15H2,1H3. The second-order valence-corrected chi connectivity index (χ2v) is 8.91. The molecule has 2 heterocycles. The Morgan fingerprint density at radius 2 is 1.86 bits per heavy atom. The average Bonchev–Trinajstić information content (AvgIpc) is 3.27. The number of fused-ring (bicyclic) bond motifs is 5. The van der Waals surface area contributed by atoms with Gasteiger partial charge in [-0.05, 0) is 55.6 Å². The summed E-state index contributed by atoms with van der Waals surface area (Å²) in [6.07, 6.45) is 8.79. The van der Waals surface area contributed by atoms with E-state index in [4.69, 9.17) is 9.97 Å². The molecule has 29 heavy (non-hydrogen) atoms. The summed E-state index contributed by atoms with van der Waals surface area (Å²) in [6, 6.07) is 17.5. The summed E-state index contributed by atoms with van der Waals surface area (Å²) in [5.41, 5.74) is 7.38. The third kappa shape index (κ3) is 2.56. The normalized spacial score (nSPS) is 23.8. The summed E-state index contributed by atoms with van der Waals surface area (Å²) < 4.78 is 2.43. The van der Waals surface area contributed by atoms with Crippen LogP contribution in [0.25, 0.3) is 33.2 Å². The van der Waals surface area contributed by atoms with E-state index in [2.05, 4.69) is 60.0 Å². The van der Waals surface area contributed by atoms with E-state index in [0.717, 1.165) is 35.2 Å². The van der Waals surface area contributed by atoms with Gasteiger partial charge in [-0.3, -0.25) is 0 Å². The van der Waals surface area contributed by atoms with E-state index in [9.17, 15) is 0 Å². The quantitative estimate of drug-likeness (QED) is 0.402. The highest BCUT2D eigenvalue weighted by Gasteiger charge is 2.38. The SMILES string of the molecule is CCn1c2cccc(C3CC4CCCC3C4)c2c2ncnc(-c3ccccc3)c21. The number of aromatic nitrogens is 3. The molecule has 0 saturated heterocycles. The molecule has 2 fully saturated rings. The number of rotatable bonds is 3. The first-order chi connectivity index (χ1) is 14.3. The molecule has 2 aliphatic rings. The summed E-state index contributed by atoms with van der Waals surface area (Å²) in [5, 5.41) is 1.38. The number of nitrogens with zero attached hydrogens (tertiary/aromatic N) is 3. The van der Waals surface area contributed by atoms with E-state index in [-0.39, 0.29) is 0 Å². The fourth-order valence-corrected chi connectivity index (χ4v) is 6.27. The van der Waals surface area contributed by atoms with E-state index in [0.29, 0.717) is 5.92 Å². The lowest BCUT2D eigenvalue weighted by atomic mass is 9.83. The third-order valence-corrected chi connectivity index (χ3v) is 7.44. The smallest absolute Gasteiger partial charge is 0.116 e. The van der Waals surface area contributed by atoms with Gasteiger partial charge in [-0.2, -0.15) is 0 Å². The van der Waals surface area contributed by atoms with Crippen molar-refractivity contribution in [3.05, 3.63) is 60.4 Å².